The van der Waals surface area contributed by atoms with Crippen LogP contribution in [-0.2, 0) is 4.79 Å². The van der Waals surface area contributed by atoms with Gasteiger partial charge >= 0.3 is 12.2 Å². The third kappa shape index (κ3) is 3.17. The SMILES string of the molecule is COc1cc(C(=O)N[C@]2(C(F)(F)F)NC(=O)N(C)C2=O)cc(OC)c1OC. The predicted molar refractivity (Wildman–Crippen MR) is 83.7 cm³/mol. The second-order valence-corrected chi connectivity index (χ2v) is 5.41. The average molecular weight is 391 g/mol. The fourth-order valence-corrected chi connectivity index (χ4v) is 2.44. The van der Waals surface area contributed by atoms with Gasteiger partial charge in [0.1, 0.15) is 0 Å². The van der Waals surface area contributed by atoms with Crippen LogP contribution in [0, 0.1) is 0 Å². The molecule has 2 N–H and O–H groups in total. The van der Waals surface area contributed by atoms with Crippen LogP contribution >= 0.6 is 0 Å². The number of halogens is 3. The normalized spacial score (nSPS) is 19.6. The Morgan fingerprint density at radius 2 is 1.63 bits per heavy atom. The highest BCUT2D eigenvalue weighted by Crippen LogP contribution is 2.39. The summed E-state index contributed by atoms with van der Waals surface area (Å²) in [5.41, 5.74) is -3.90. The summed E-state index contributed by atoms with van der Waals surface area (Å²) in [4.78, 5) is 36.3. The molecule has 1 atom stereocenters. The molecule has 1 heterocycles. The molecule has 1 aromatic carbocycles. The number of benzene rings is 1. The van der Waals surface area contributed by atoms with Gasteiger partial charge in [-0.3, -0.25) is 19.8 Å². The molecule has 9 nitrogen and oxygen atoms in total. The van der Waals surface area contributed by atoms with Crippen LogP contribution in [0.3, 0.4) is 0 Å². The molecule has 0 unspecified atom stereocenters. The lowest BCUT2D eigenvalue weighted by Gasteiger charge is -2.29. The second-order valence-electron chi connectivity index (χ2n) is 5.41. The number of nitrogens with zero attached hydrogens (tertiary/aromatic N) is 1. The molecule has 1 aliphatic rings. The molecule has 0 radical (unpaired) electrons. The van der Waals surface area contributed by atoms with Gasteiger partial charge in [-0.15, -0.1) is 0 Å². The molecular formula is C15H16F3N3O6. The minimum Gasteiger partial charge on any atom is -0.493 e. The van der Waals surface area contributed by atoms with Gasteiger partial charge in [-0.05, 0) is 12.1 Å². The van der Waals surface area contributed by atoms with Gasteiger partial charge < -0.3 is 19.5 Å². The van der Waals surface area contributed by atoms with E-state index < -0.39 is 29.7 Å². The molecule has 0 aromatic heterocycles. The van der Waals surface area contributed by atoms with Crippen molar-refractivity contribution in [1.82, 2.24) is 15.5 Å². The Morgan fingerprint density at radius 1 is 1.11 bits per heavy atom. The largest absolute Gasteiger partial charge is 0.493 e. The first-order valence-corrected chi connectivity index (χ1v) is 7.32. The number of ether oxygens (including phenoxy) is 3. The summed E-state index contributed by atoms with van der Waals surface area (Å²) in [6.45, 7) is 0. The van der Waals surface area contributed by atoms with Gasteiger partial charge in [0.15, 0.2) is 11.5 Å². The molecule has 148 valence electrons. The first kappa shape index (κ1) is 20.1. The molecule has 1 saturated heterocycles. The number of hydrogen-bond acceptors (Lipinski definition) is 6. The standard InChI is InChI=1S/C15H16F3N3O6/c1-21-12(23)14(15(16,17)18,20-13(21)24)19-11(22)7-5-8(25-2)10(27-4)9(6-7)26-3/h5-6H,1-4H3,(H,19,22)(H,20,24)/t14-/m0/s1. The minimum atomic E-state index is -5.29. The number of nitrogens with one attached hydrogen (secondary N) is 2. The first-order chi connectivity index (χ1) is 12.5. The molecule has 1 fully saturated rings. The number of urea groups is 1. The number of carbonyl (C=O) groups excluding carboxylic acids is 3. The summed E-state index contributed by atoms with van der Waals surface area (Å²) >= 11 is 0. The highest BCUT2D eigenvalue weighted by molar-refractivity contribution is 6.10. The number of alkyl halides is 3. The molecule has 12 heteroatoms. The maximum Gasteiger partial charge on any atom is 0.440 e. The summed E-state index contributed by atoms with van der Waals surface area (Å²) in [5.74, 6) is -2.81. The molecule has 0 aliphatic carbocycles. The molecule has 1 aromatic rings. The van der Waals surface area contributed by atoms with Crippen molar-refractivity contribution in [2.75, 3.05) is 28.4 Å². The quantitative estimate of drug-likeness (QED) is 0.722. The van der Waals surface area contributed by atoms with Crippen molar-refractivity contribution in [3.63, 3.8) is 0 Å². The number of hydrogen-bond donors (Lipinski definition) is 2. The lowest BCUT2D eigenvalue weighted by Crippen LogP contribution is -2.69. The van der Waals surface area contributed by atoms with Crippen LogP contribution in [0.2, 0.25) is 0 Å². The maximum atomic E-state index is 13.6. The van der Waals surface area contributed by atoms with Crippen molar-refractivity contribution in [3.05, 3.63) is 17.7 Å². The highest BCUT2D eigenvalue weighted by atomic mass is 19.4. The van der Waals surface area contributed by atoms with Crippen LogP contribution in [0.15, 0.2) is 12.1 Å². The Morgan fingerprint density at radius 3 is 1.96 bits per heavy atom. The fraction of sp³-hybridized carbons (Fsp3) is 0.400. The van der Waals surface area contributed by atoms with E-state index >= 15 is 0 Å². The second kappa shape index (κ2) is 6.85. The zero-order valence-electron chi connectivity index (χ0n) is 14.7. The van der Waals surface area contributed by atoms with Crippen molar-refractivity contribution < 1.29 is 41.8 Å². The van der Waals surface area contributed by atoms with E-state index in [1.54, 1.807) is 5.32 Å². The van der Waals surface area contributed by atoms with Crippen molar-refractivity contribution in [1.29, 1.82) is 0 Å². The number of carbonyl (C=O) groups is 3. The van der Waals surface area contributed by atoms with E-state index in [2.05, 4.69) is 0 Å². The molecular weight excluding hydrogens is 375 g/mol. The Kier molecular flexibility index (Phi) is 5.11. The predicted octanol–water partition coefficient (Wildman–Crippen LogP) is 0.882. The molecule has 0 spiro atoms. The Hall–Kier alpha value is -3.18. The third-order valence-electron chi connectivity index (χ3n) is 3.88. The number of rotatable bonds is 5. The number of likely N-dealkylation sites (N-methyl/N-ethyl adjacent to an activating group) is 1. The molecule has 4 amide bonds. The third-order valence-corrected chi connectivity index (χ3v) is 3.88. The zero-order chi connectivity index (χ0) is 20.6. The molecule has 0 saturated carbocycles. The van der Waals surface area contributed by atoms with Crippen molar-refractivity contribution in [3.8, 4) is 17.2 Å². The summed E-state index contributed by atoms with van der Waals surface area (Å²) in [5, 5.41) is 3.04. The summed E-state index contributed by atoms with van der Waals surface area (Å²) in [6.07, 6.45) is -5.29. The topological polar surface area (TPSA) is 106 Å². The van der Waals surface area contributed by atoms with Crippen LogP contribution in [0.5, 0.6) is 17.2 Å². The lowest BCUT2D eigenvalue weighted by atomic mass is 10.1. The van der Waals surface area contributed by atoms with E-state index in [-0.39, 0.29) is 27.7 Å². The van der Waals surface area contributed by atoms with Crippen molar-refractivity contribution in [2.24, 2.45) is 0 Å². The van der Waals surface area contributed by atoms with Crippen molar-refractivity contribution >= 4 is 17.8 Å². The van der Waals surface area contributed by atoms with E-state index in [4.69, 9.17) is 14.2 Å². The maximum absolute atomic E-state index is 13.6. The number of imide groups is 1. The van der Waals surface area contributed by atoms with E-state index in [0.29, 0.717) is 0 Å². The van der Waals surface area contributed by atoms with Gasteiger partial charge in [0.2, 0.25) is 5.75 Å². The van der Waals surface area contributed by atoms with Crippen LogP contribution in [-0.4, -0.2) is 63.0 Å². The van der Waals surface area contributed by atoms with Gasteiger partial charge in [0, 0.05) is 12.6 Å². The van der Waals surface area contributed by atoms with Gasteiger partial charge in [-0.2, -0.15) is 13.2 Å². The lowest BCUT2D eigenvalue weighted by molar-refractivity contribution is -0.199. The molecule has 27 heavy (non-hydrogen) atoms. The van der Waals surface area contributed by atoms with Gasteiger partial charge in [0.05, 0.1) is 21.3 Å². The van der Waals surface area contributed by atoms with Crippen LogP contribution in [0.1, 0.15) is 10.4 Å². The highest BCUT2D eigenvalue weighted by Gasteiger charge is 2.68. The van der Waals surface area contributed by atoms with Gasteiger partial charge in [-0.25, -0.2) is 4.79 Å². The monoisotopic (exact) mass is 391 g/mol. The zero-order valence-corrected chi connectivity index (χ0v) is 14.7. The Bertz CT molecular complexity index is 772. The first-order valence-electron chi connectivity index (χ1n) is 7.32. The summed E-state index contributed by atoms with van der Waals surface area (Å²) in [6, 6.07) is 0.903. The van der Waals surface area contributed by atoms with Crippen LogP contribution < -0.4 is 24.8 Å². The van der Waals surface area contributed by atoms with Crippen LogP contribution in [0.4, 0.5) is 18.0 Å². The van der Waals surface area contributed by atoms with E-state index in [0.717, 1.165) is 19.2 Å². The Labute approximate surface area is 151 Å². The fourth-order valence-electron chi connectivity index (χ4n) is 2.44. The van der Waals surface area contributed by atoms with Crippen LogP contribution in [0.25, 0.3) is 0 Å². The smallest absolute Gasteiger partial charge is 0.440 e. The number of methoxy groups -OCH3 is 3. The molecule has 0 bridgehead atoms. The van der Waals surface area contributed by atoms with Crippen molar-refractivity contribution in [2.45, 2.75) is 11.8 Å². The average Bonchev–Trinajstić information content (AvgIpc) is 2.84. The minimum absolute atomic E-state index is 0.0157. The molecule has 2 rings (SSSR count). The number of amides is 4. The van der Waals surface area contributed by atoms with E-state index in [1.165, 1.54) is 26.6 Å². The summed E-state index contributed by atoms with van der Waals surface area (Å²) < 4.78 is 55.8. The van der Waals surface area contributed by atoms with Gasteiger partial charge in [-0.1, -0.05) is 0 Å². The van der Waals surface area contributed by atoms with E-state index in [1.807, 2.05) is 0 Å². The Balaban J connectivity index is 2.49. The van der Waals surface area contributed by atoms with E-state index in [9.17, 15) is 27.6 Å². The summed E-state index contributed by atoms with van der Waals surface area (Å²) in [7, 11) is 4.68. The molecule has 1 aliphatic heterocycles. The van der Waals surface area contributed by atoms with Gasteiger partial charge in [0.25, 0.3) is 17.5 Å².